The highest BCUT2D eigenvalue weighted by Crippen LogP contribution is 2.30. The van der Waals surface area contributed by atoms with Crippen molar-refractivity contribution in [3.63, 3.8) is 0 Å². The molecule has 3 rings (SSSR count). The fourth-order valence-electron chi connectivity index (χ4n) is 3.01. The van der Waals surface area contributed by atoms with Crippen molar-refractivity contribution in [1.82, 2.24) is 19.9 Å². The molecule has 0 fully saturated rings. The predicted molar refractivity (Wildman–Crippen MR) is 133 cm³/mol. The third-order valence-corrected chi connectivity index (χ3v) is 4.30. The summed E-state index contributed by atoms with van der Waals surface area (Å²) in [5, 5.41) is 0. The number of amides is 2. The van der Waals surface area contributed by atoms with Crippen LogP contribution in [0.4, 0.5) is 15.4 Å². The van der Waals surface area contributed by atoms with Crippen molar-refractivity contribution in [2.45, 2.75) is 59.7 Å². The summed E-state index contributed by atoms with van der Waals surface area (Å²) in [5.74, 6) is 5.72. The van der Waals surface area contributed by atoms with E-state index >= 15 is 0 Å². The van der Waals surface area contributed by atoms with E-state index in [9.17, 15) is 9.59 Å². The molecule has 0 radical (unpaired) electrons. The summed E-state index contributed by atoms with van der Waals surface area (Å²) >= 11 is 0. The number of hydrogen-bond acceptors (Lipinski definition) is 8. The molecular weight excluding hydrogens is 448 g/mol. The van der Waals surface area contributed by atoms with E-state index in [-0.39, 0.29) is 18.1 Å². The molecule has 0 unspecified atom stereocenters. The summed E-state index contributed by atoms with van der Waals surface area (Å²) in [6, 6.07) is 5.71. The number of imide groups is 1. The van der Waals surface area contributed by atoms with E-state index in [4.69, 9.17) is 15.2 Å². The van der Waals surface area contributed by atoms with Crippen molar-refractivity contribution in [3.8, 4) is 23.4 Å². The van der Waals surface area contributed by atoms with Crippen LogP contribution < -0.4 is 10.6 Å². The lowest BCUT2D eigenvalue weighted by molar-refractivity contribution is 0.0429. The topological polar surface area (TPSA) is 136 Å². The molecule has 0 aliphatic heterocycles. The molecule has 3 N–H and O–H groups in total. The molecule has 35 heavy (non-hydrogen) atoms. The number of carbonyl (C=O) groups excluding carboxylic acids is 2. The van der Waals surface area contributed by atoms with Gasteiger partial charge in [0.1, 0.15) is 16.9 Å². The SMILES string of the molecule is Cc1ccc2nc(-c3nc(C#CCN)cnc3N(C(=O)OC(C)(C)C)C(=O)OC(C)(C)C)[nH]c2c1. The van der Waals surface area contributed by atoms with Crippen molar-refractivity contribution in [1.29, 1.82) is 0 Å². The summed E-state index contributed by atoms with van der Waals surface area (Å²) in [6.07, 6.45) is -0.583. The van der Waals surface area contributed by atoms with E-state index in [1.165, 1.54) is 6.20 Å². The summed E-state index contributed by atoms with van der Waals surface area (Å²) in [7, 11) is 0. The third-order valence-electron chi connectivity index (χ3n) is 4.30. The van der Waals surface area contributed by atoms with Crippen LogP contribution in [-0.2, 0) is 9.47 Å². The Morgan fingerprint density at radius 3 is 2.26 bits per heavy atom. The van der Waals surface area contributed by atoms with Crippen molar-refractivity contribution in [3.05, 3.63) is 35.7 Å². The number of rotatable bonds is 2. The quantitative estimate of drug-likeness (QED) is 0.520. The molecule has 3 aromatic rings. The van der Waals surface area contributed by atoms with Gasteiger partial charge in [0, 0.05) is 0 Å². The maximum Gasteiger partial charge on any atom is 0.425 e. The monoisotopic (exact) mass is 478 g/mol. The Morgan fingerprint density at radius 1 is 1.06 bits per heavy atom. The van der Waals surface area contributed by atoms with E-state index in [1.54, 1.807) is 41.5 Å². The number of ether oxygens (including phenoxy) is 2. The number of nitrogens with one attached hydrogen (secondary N) is 1. The van der Waals surface area contributed by atoms with Crippen molar-refractivity contribution in [2.75, 3.05) is 11.4 Å². The lowest BCUT2D eigenvalue weighted by atomic mass is 10.2. The minimum Gasteiger partial charge on any atom is -0.443 e. The lowest BCUT2D eigenvalue weighted by Crippen LogP contribution is -2.44. The van der Waals surface area contributed by atoms with Gasteiger partial charge in [0.25, 0.3) is 0 Å². The Hall–Kier alpha value is -3.97. The van der Waals surface area contributed by atoms with Crippen molar-refractivity contribution < 1.29 is 19.1 Å². The molecule has 0 spiro atoms. The first kappa shape index (κ1) is 25.6. The van der Waals surface area contributed by atoms with E-state index < -0.39 is 23.4 Å². The van der Waals surface area contributed by atoms with Gasteiger partial charge in [0.2, 0.25) is 0 Å². The summed E-state index contributed by atoms with van der Waals surface area (Å²) in [6.45, 7) is 12.2. The molecule has 2 amide bonds. The summed E-state index contributed by atoms with van der Waals surface area (Å²) < 4.78 is 11.0. The van der Waals surface area contributed by atoms with Gasteiger partial charge in [-0.05, 0) is 72.1 Å². The molecule has 1 aromatic carbocycles. The molecule has 0 bridgehead atoms. The highest BCUT2D eigenvalue weighted by Gasteiger charge is 2.36. The average Bonchev–Trinajstić information content (AvgIpc) is 3.13. The van der Waals surface area contributed by atoms with Crippen LogP contribution in [0.2, 0.25) is 0 Å². The van der Waals surface area contributed by atoms with Gasteiger partial charge < -0.3 is 20.2 Å². The highest BCUT2D eigenvalue weighted by molar-refractivity contribution is 6.10. The fraction of sp³-hybridized carbons (Fsp3) is 0.400. The number of aromatic amines is 1. The second-order valence-corrected chi connectivity index (χ2v) is 9.84. The molecule has 0 aliphatic carbocycles. The Labute approximate surface area is 204 Å². The number of benzene rings is 1. The van der Waals surface area contributed by atoms with Crippen LogP contribution in [0.5, 0.6) is 0 Å². The Balaban J connectivity index is 2.24. The van der Waals surface area contributed by atoms with Gasteiger partial charge in [-0.1, -0.05) is 12.0 Å². The number of H-pyrrole nitrogens is 1. The molecule has 2 aromatic heterocycles. The molecule has 0 aliphatic rings. The minimum absolute atomic E-state index is 0.109. The zero-order valence-corrected chi connectivity index (χ0v) is 21.0. The van der Waals surface area contributed by atoms with Crippen LogP contribution in [0.3, 0.4) is 0 Å². The fourth-order valence-corrected chi connectivity index (χ4v) is 3.01. The smallest absolute Gasteiger partial charge is 0.425 e. The summed E-state index contributed by atoms with van der Waals surface area (Å²) in [5.41, 5.74) is 6.62. The van der Waals surface area contributed by atoms with Gasteiger partial charge >= 0.3 is 12.2 Å². The number of aryl methyl sites for hydroxylation is 1. The third kappa shape index (κ3) is 6.55. The molecule has 10 heteroatoms. The standard InChI is InChI=1S/C25H30N6O4/c1-15-10-11-17-18(13-15)30-20(29-17)19-21(27-14-16(28-19)9-8-12-26)31(22(32)34-24(2,3)4)23(33)35-25(5,6)7/h10-11,13-14H,12,26H2,1-7H3,(H,29,30). The Bertz CT molecular complexity index is 1290. The Kier molecular flexibility index (Phi) is 7.12. The van der Waals surface area contributed by atoms with Crippen LogP contribution >= 0.6 is 0 Å². The first-order valence-corrected chi connectivity index (χ1v) is 11.1. The normalized spacial score (nSPS) is 11.5. The van der Waals surface area contributed by atoms with Gasteiger partial charge in [0.05, 0.1) is 23.8 Å². The van der Waals surface area contributed by atoms with Crippen LogP contribution in [0, 0.1) is 18.8 Å². The van der Waals surface area contributed by atoms with E-state index in [2.05, 4.69) is 31.8 Å². The number of anilines is 1. The van der Waals surface area contributed by atoms with E-state index in [0.717, 1.165) is 16.0 Å². The number of imidazole rings is 1. The number of hydrogen-bond donors (Lipinski definition) is 2. The minimum atomic E-state index is -0.963. The van der Waals surface area contributed by atoms with Crippen LogP contribution in [0.25, 0.3) is 22.6 Å². The molecular formula is C25H30N6O4. The number of nitrogens with zero attached hydrogens (tertiary/aromatic N) is 4. The van der Waals surface area contributed by atoms with Crippen LogP contribution in [0.1, 0.15) is 52.8 Å². The van der Waals surface area contributed by atoms with Gasteiger partial charge in [0.15, 0.2) is 17.3 Å². The zero-order chi connectivity index (χ0) is 26.0. The lowest BCUT2D eigenvalue weighted by Gasteiger charge is -2.28. The first-order chi connectivity index (χ1) is 16.3. The molecule has 10 nitrogen and oxygen atoms in total. The van der Waals surface area contributed by atoms with Crippen LogP contribution in [0.15, 0.2) is 24.4 Å². The number of carbonyl (C=O) groups is 2. The van der Waals surface area contributed by atoms with E-state index in [1.807, 2.05) is 25.1 Å². The molecule has 2 heterocycles. The number of nitrogens with two attached hydrogens (primary N) is 1. The largest absolute Gasteiger partial charge is 0.443 e. The first-order valence-electron chi connectivity index (χ1n) is 11.1. The molecule has 0 atom stereocenters. The second-order valence-electron chi connectivity index (χ2n) is 9.84. The number of aromatic nitrogens is 4. The highest BCUT2D eigenvalue weighted by atomic mass is 16.6. The van der Waals surface area contributed by atoms with E-state index in [0.29, 0.717) is 17.0 Å². The number of fused-ring (bicyclic) bond motifs is 1. The maximum absolute atomic E-state index is 13.2. The van der Waals surface area contributed by atoms with Crippen molar-refractivity contribution in [2.24, 2.45) is 5.73 Å². The molecule has 184 valence electrons. The van der Waals surface area contributed by atoms with Crippen LogP contribution in [-0.4, -0.2) is 49.9 Å². The van der Waals surface area contributed by atoms with Gasteiger partial charge in [-0.15, -0.1) is 0 Å². The molecule has 0 saturated heterocycles. The predicted octanol–water partition coefficient (Wildman–Crippen LogP) is 4.32. The van der Waals surface area contributed by atoms with Gasteiger partial charge in [-0.25, -0.2) is 24.5 Å². The maximum atomic E-state index is 13.2. The average molecular weight is 479 g/mol. The second kappa shape index (κ2) is 9.72. The molecule has 0 saturated carbocycles. The zero-order valence-electron chi connectivity index (χ0n) is 21.0. The summed E-state index contributed by atoms with van der Waals surface area (Å²) in [4.78, 5) is 43.8. The van der Waals surface area contributed by atoms with Gasteiger partial charge in [-0.3, -0.25) is 0 Å². The van der Waals surface area contributed by atoms with Crippen molar-refractivity contribution >= 4 is 29.0 Å². The Morgan fingerprint density at radius 2 is 1.69 bits per heavy atom. The van der Waals surface area contributed by atoms with Gasteiger partial charge in [-0.2, -0.15) is 4.90 Å².